The van der Waals surface area contributed by atoms with Gasteiger partial charge in [0.25, 0.3) is 0 Å². The first-order valence-electron chi connectivity index (χ1n) is 9.41. The van der Waals surface area contributed by atoms with Gasteiger partial charge in [-0.25, -0.2) is 9.97 Å². The molecule has 154 valence electrons. The van der Waals surface area contributed by atoms with Gasteiger partial charge in [-0.05, 0) is 27.3 Å². The Morgan fingerprint density at radius 2 is 2.00 bits per heavy atom. The maximum atomic E-state index is 5.72. The number of methoxy groups -OCH3 is 1. The molecule has 0 unspecified atom stereocenters. The topological polar surface area (TPSA) is 85.4 Å². The summed E-state index contributed by atoms with van der Waals surface area (Å²) in [5, 5.41) is 11.2. The number of H-pyrrole nitrogens is 1. The average molecular weight is 407 g/mol. The number of piperazine rings is 1. The van der Waals surface area contributed by atoms with Crippen molar-refractivity contribution in [2.24, 2.45) is 0 Å². The van der Waals surface area contributed by atoms with E-state index in [9.17, 15) is 0 Å². The molecule has 28 heavy (non-hydrogen) atoms. The van der Waals surface area contributed by atoms with Crippen LogP contribution in [-0.2, 0) is 0 Å². The third-order valence-corrected chi connectivity index (χ3v) is 5.25. The van der Waals surface area contributed by atoms with Crippen molar-refractivity contribution in [1.29, 1.82) is 0 Å². The summed E-state index contributed by atoms with van der Waals surface area (Å²) in [5.41, 5.74) is 0.981. The van der Waals surface area contributed by atoms with Crippen LogP contribution < -0.4 is 15.0 Å². The molecule has 0 aliphatic carbocycles. The molecule has 2 N–H and O–H groups in total. The molecule has 0 atom stereocenters. The van der Waals surface area contributed by atoms with Crippen LogP contribution in [-0.4, -0.2) is 96.7 Å². The number of aromatic amines is 1. The van der Waals surface area contributed by atoms with Crippen molar-refractivity contribution < 1.29 is 4.74 Å². The van der Waals surface area contributed by atoms with Crippen LogP contribution in [0.1, 0.15) is 5.69 Å². The SMILES string of the molecule is COc1c(Nc2cc(C)[nH]n2)nc(SC)nc1N1CCN(CCN(C)C)CC1. The average Bonchev–Trinajstić information content (AvgIpc) is 3.10. The highest BCUT2D eigenvalue weighted by atomic mass is 32.2. The summed E-state index contributed by atoms with van der Waals surface area (Å²) >= 11 is 1.52. The van der Waals surface area contributed by atoms with E-state index < -0.39 is 0 Å². The van der Waals surface area contributed by atoms with Gasteiger partial charge in [-0.15, -0.1) is 0 Å². The molecule has 0 saturated carbocycles. The molecule has 3 rings (SSSR count). The number of anilines is 3. The molecular formula is C18H30N8OS. The molecule has 1 aliphatic rings. The van der Waals surface area contributed by atoms with Crippen molar-refractivity contribution in [2.75, 3.05) is 76.9 Å². The number of nitrogens with zero attached hydrogens (tertiary/aromatic N) is 6. The van der Waals surface area contributed by atoms with Crippen LogP contribution >= 0.6 is 11.8 Å². The monoisotopic (exact) mass is 406 g/mol. The largest absolute Gasteiger partial charge is 0.490 e. The summed E-state index contributed by atoms with van der Waals surface area (Å²) in [4.78, 5) is 16.4. The molecular weight excluding hydrogens is 376 g/mol. The second kappa shape index (κ2) is 9.44. The summed E-state index contributed by atoms with van der Waals surface area (Å²) in [7, 11) is 5.89. The zero-order chi connectivity index (χ0) is 20.1. The standard InChI is InChI=1S/C18H30N8OS/c1-13-12-14(23-22-13)19-16-15(27-4)17(21-18(20-16)28-5)26-10-8-25(9-11-26)7-6-24(2)3/h12H,6-11H2,1-5H3,(H2,19,20,21,22,23). The molecule has 0 aromatic carbocycles. The summed E-state index contributed by atoms with van der Waals surface area (Å²) in [6.45, 7) is 7.97. The maximum Gasteiger partial charge on any atom is 0.204 e. The number of rotatable bonds is 8. The molecule has 3 heterocycles. The number of hydrogen-bond donors (Lipinski definition) is 2. The van der Waals surface area contributed by atoms with Gasteiger partial charge in [0.1, 0.15) is 0 Å². The van der Waals surface area contributed by atoms with Crippen LogP contribution in [0.25, 0.3) is 0 Å². The van der Waals surface area contributed by atoms with Crippen LogP contribution in [0.2, 0.25) is 0 Å². The Hall–Kier alpha value is -2.04. The summed E-state index contributed by atoms with van der Waals surface area (Å²) in [6, 6.07) is 1.93. The first kappa shape index (κ1) is 20.7. The molecule has 10 heteroatoms. The third-order valence-electron chi connectivity index (χ3n) is 4.70. The number of hydrogen-bond acceptors (Lipinski definition) is 9. The van der Waals surface area contributed by atoms with Crippen molar-refractivity contribution in [2.45, 2.75) is 12.1 Å². The van der Waals surface area contributed by atoms with Crippen LogP contribution in [0.5, 0.6) is 5.75 Å². The second-order valence-electron chi connectivity index (χ2n) is 7.11. The predicted molar refractivity (Wildman–Crippen MR) is 114 cm³/mol. The fraction of sp³-hybridized carbons (Fsp3) is 0.611. The molecule has 2 aromatic heterocycles. The van der Waals surface area contributed by atoms with E-state index >= 15 is 0 Å². The summed E-state index contributed by atoms with van der Waals surface area (Å²) < 4.78 is 5.72. The highest BCUT2D eigenvalue weighted by Gasteiger charge is 2.24. The van der Waals surface area contributed by atoms with Gasteiger partial charge in [-0.3, -0.25) is 10.00 Å². The van der Waals surface area contributed by atoms with Gasteiger partial charge in [0.15, 0.2) is 22.6 Å². The molecule has 1 aliphatic heterocycles. The molecule has 0 amide bonds. The number of nitrogens with one attached hydrogen (secondary N) is 2. The zero-order valence-electron chi connectivity index (χ0n) is 17.3. The van der Waals surface area contributed by atoms with Crippen molar-refractivity contribution in [3.8, 4) is 5.75 Å². The van der Waals surface area contributed by atoms with E-state index in [2.05, 4.69) is 49.3 Å². The number of likely N-dealkylation sites (N-methyl/N-ethyl adjacent to an activating group) is 1. The van der Waals surface area contributed by atoms with Crippen LogP contribution in [0.3, 0.4) is 0 Å². The van der Waals surface area contributed by atoms with E-state index in [1.807, 2.05) is 19.2 Å². The van der Waals surface area contributed by atoms with E-state index in [1.54, 1.807) is 7.11 Å². The van der Waals surface area contributed by atoms with Crippen molar-refractivity contribution in [3.63, 3.8) is 0 Å². The van der Waals surface area contributed by atoms with Gasteiger partial charge in [0.2, 0.25) is 5.75 Å². The van der Waals surface area contributed by atoms with E-state index in [0.717, 1.165) is 50.8 Å². The second-order valence-corrected chi connectivity index (χ2v) is 7.88. The van der Waals surface area contributed by atoms with E-state index in [0.29, 0.717) is 22.5 Å². The van der Waals surface area contributed by atoms with Gasteiger partial charge < -0.3 is 19.9 Å². The third kappa shape index (κ3) is 5.06. The normalized spacial score (nSPS) is 15.3. The zero-order valence-corrected chi connectivity index (χ0v) is 18.1. The maximum absolute atomic E-state index is 5.72. The lowest BCUT2D eigenvalue weighted by Gasteiger charge is -2.36. The molecule has 0 spiro atoms. The summed E-state index contributed by atoms with van der Waals surface area (Å²) in [5.74, 6) is 2.84. The van der Waals surface area contributed by atoms with Gasteiger partial charge in [-0.1, -0.05) is 11.8 Å². The van der Waals surface area contributed by atoms with Gasteiger partial charge >= 0.3 is 0 Å². The van der Waals surface area contributed by atoms with Crippen LogP contribution in [0, 0.1) is 6.92 Å². The highest BCUT2D eigenvalue weighted by molar-refractivity contribution is 7.98. The Bertz CT molecular complexity index is 773. The number of thioether (sulfide) groups is 1. The van der Waals surface area contributed by atoms with Crippen LogP contribution in [0.4, 0.5) is 17.5 Å². The minimum absolute atomic E-state index is 0.637. The van der Waals surface area contributed by atoms with Gasteiger partial charge in [0, 0.05) is 51.0 Å². The molecule has 2 aromatic rings. The van der Waals surface area contributed by atoms with Crippen LogP contribution in [0.15, 0.2) is 11.2 Å². The van der Waals surface area contributed by atoms with Crippen molar-refractivity contribution in [3.05, 3.63) is 11.8 Å². The number of aromatic nitrogens is 4. The quantitative estimate of drug-likeness (QED) is 0.502. The number of aryl methyl sites for hydroxylation is 1. The Balaban J connectivity index is 1.79. The fourth-order valence-corrected chi connectivity index (χ4v) is 3.49. The first-order valence-corrected chi connectivity index (χ1v) is 10.6. The Morgan fingerprint density at radius 3 is 2.57 bits per heavy atom. The lowest BCUT2D eigenvalue weighted by molar-refractivity contribution is 0.228. The van der Waals surface area contributed by atoms with Crippen molar-refractivity contribution >= 4 is 29.2 Å². The Kier molecular flexibility index (Phi) is 6.97. The van der Waals surface area contributed by atoms with E-state index in [4.69, 9.17) is 9.72 Å². The van der Waals surface area contributed by atoms with E-state index in [-0.39, 0.29) is 0 Å². The van der Waals surface area contributed by atoms with Crippen molar-refractivity contribution in [1.82, 2.24) is 30.0 Å². The fourth-order valence-electron chi connectivity index (χ4n) is 3.13. The number of ether oxygens (including phenoxy) is 1. The smallest absolute Gasteiger partial charge is 0.204 e. The molecule has 1 saturated heterocycles. The minimum Gasteiger partial charge on any atom is -0.490 e. The lowest BCUT2D eigenvalue weighted by atomic mass is 10.3. The molecule has 0 radical (unpaired) electrons. The van der Waals surface area contributed by atoms with Gasteiger partial charge in [-0.2, -0.15) is 5.10 Å². The van der Waals surface area contributed by atoms with Gasteiger partial charge in [0.05, 0.1) is 7.11 Å². The lowest BCUT2D eigenvalue weighted by Crippen LogP contribution is -2.48. The minimum atomic E-state index is 0.637. The summed E-state index contributed by atoms with van der Waals surface area (Å²) in [6.07, 6.45) is 1.98. The van der Waals surface area contributed by atoms with E-state index in [1.165, 1.54) is 11.8 Å². The molecule has 0 bridgehead atoms. The Morgan fingerprint density at radius 1 is 1.25 bits per heavy atom. The highest BCUT2D eigenvalue weighted by Crippen LogP contribution is 2.36. The predicted octanol–water partition coefficient (Wildman–Crippen LogP) is 1.67. The first-order chi connectivity index (χ1) is 13.5. The Labute approximate surface area is 170 Å². The molecule has 1 fully saturated rings. The molecule has 9 nitrogen and oxygen atoms in total.